The predicted molar refractivity (Wildman–Crippen MR) is 66.8 cm³/mol. The van der Waals surface area contributed by atoms with E-state index in [-0.39, 0.29) is 19.0 Å². The normalized spacial score (nSPS) is 17.4. The number of nitrogens with one attached hydrogen (secondary N) is 3. The molecule has 0 radical (unpaired) electrons. The Balaban J connectivity index is 2.38. The SMILES string of the molecule is C[C@@H](O)[C@H](NC(=O)CNC1CC1)C(=O)NCC(N)=O. The molecule has 0 heterocycles. The molecule has 1 aliphatic rings. The molecule has 3 amide bonds. The quantitative estimate of drug-likeness (QED) is 0.325. The smallest absolute Gasteiger partial charge is 0.245 e. The fourth-order valence-electron chi connectivity index (χ4n) is 1.44. The van der Waals surface area contributed by atoms with Crippen molar-refractivity contribution in [2.24, 2.45) is 5.73 Å². The maximum atomic E-state index is 11.7. The van der Waals surface area contributed by atoms with Gasteiger partial charge >= 0.3 is 0 Å². The van der Waals surface area contributed by atoms with Gasteiger partial charge in [-0.15, -0.1) is 0 Å². The molecule has 0 saturated heterocycles. The van der Waals surface area contributed by atoms with Crippen LogP contribution in [0.5, 0.6) is 0 Å². The van der Waals surface area contributed by atoms with Gasteiger partial charge in [0.05, 0.1) is 19.2 Å². The Morgan fingerprint density at radius 2 is 1.95 bits per heavy atom. The first kappa shape index (κ1) is 15.4. The molecule has 8 nitrogen and oxygen atoms in total. The Morgan fingerprint density at radius 3 is 2.42 bits per heavy atom. The fourth-order valence-corrected chi connectivity index (χ4v) is 1.44. The van der Waals surface area contributed by atoms with Crippen molar-refractivity contribution in [3.05, 3.63) is 0 Å². The molecule has 0 bridgehead atoms. The van der Waals surface area contributed by atoms with Crippen molar-refractivity contribution in [2.75, 3.05) is 13.1 Å². The van der Waals surface area contributed by atoms with Crippen LogP contribution in [0.2, 0.25) is 0 Å². The summed E-state index contributed by atoms with van der Waals surface area (Å²) >= 11 is 0. The molecule has 1 rings (SSSR count). The molecule has 1 saturated carbocycles. The van der Waals surface area contributed by atoms with Crippen molar-refractivity contribution in [3.63, 3.8) is 0 Å². The van der Waals surface area contributed by atoms with Crippen LogP contribution in [0.25, 0.3) is 0 Å². The number of carbonyl (C=O) groups excluding carboxylic acids is 3. The lowest BCUT2D eigenvalue weighted by atomic mass is 10.1. The Bertz CT molecular complexity index is 355. The molecule has 0 aromatic heterocycles. The average molecular weight is 272 g/mol. The van der Waals surface area contributed by atoms with Gasteiger partial charge in [0.25, 0.3) is 0 Å². The molecule has 2 atom stereocenters. The third-order valence-electron chi connectivity index (χ3n) is 2.65. The van der Waals surface area contributed by atoms with Crippen LogP contribution in [0.15, 0.2) is 0 Å². The van der Waals surface area contributed by atoms with E-state index in [9.17, 15) is 19.5 Å². The second-order valence-corrected chi connectivity index (χ2v) is 4.63. The van der Waals surface area contributed by atoms with E-state index in [1.165, 1.54) is 6.92 Å². The number of carbonyl (C=O) groups is 3. The Kier molecular flexibility index (Phi) is 5.71. The highest BCUT2D eigenvalue weighted by molar-refractivity contribution is 5.91. The van der Waals surface area contributed by atoms with E-state index in [4.69, 9.17) is 5.73 Å². The van der Waals surface area contributed by atoms with Gasteiger partial charge < -0.3 is 26.8 Å². The van der Waals surface area contributed by atoms with E-state index in [1.54, 1.807) is 0 Å². The van der Waals surface area contributed by atoms with Gasteiger partial charge in [0.1, 0.15) is 6.04 Å². The van der Waals surface area contributed by atoms with Crippen LogP contribution in [0.4, 0.5) is 0 Å². The van der Waals surface area contributed by atoms with E-state index in [0.29, 0.717) is 6.04 Å². The van der Waals surface area contributed by atoms with Gasteiger partial charge in [0.2, 0.25) is 17.7 Å². The molecule has 0 aliphatic heterocycles. The molecular formula is C11H20N4O4. The maximum absolute atomic E-state index is 11.7. The van der Waals surface area contributed by atoms with Crippen molar-refractivity contribution < 1.29 is 19.5 Å². The third-order valence-corrected chi connectivity index (χ3v) is 2.65. The van der Waals surface area contributed by atoms with Gasteiger partial charge in [-0.1, -0.05) is 0 Å². The monoisotopic (exact) mass is 272 g/mol. The van der Waals surface area contributed by atoms with Gasteiger partial charge in [-0.2, -0.15) is 0 Å². The number of hydrogen-bond acceptors (Lipinski definition) is 5. The van der Waals surface area contributed by atoms with Crippen LogP contribution in [-0.2, 0) is 14.4 Å². The Hall–Kier alpha value is -1.67. The highest BCUT2D eigenvalue weighted by atomic mass is 16.3. The van der Waals surface area contributed by atoms with Crippen molar-refractivity contribution in [1.29, 1.82) is 0 Å². The van der Waals surface area contributed by atoms with Crippen LogP contribution >= 0.6 is 0 Å². The number of amides is 3. The van der Waals surface area contributed by atoms with Crippen LogP contribution in [-0.4, -0.2) is 54.1 Å². The Morgan fingerprint density at radius 1 is 1.32 bits per heavy atom. The van der Waals surface area contributed by atoms with Gasteiger partial charge in [-0.05, 0) is 19.8 Å². The van der Waals surface area contributed by atoms with E-state index >= 15 is 0 Å². The standard InChI is InChI=1S/C11H20N4O4/c1-6(16)10(11(19)14-4-8(12)17)15-9(18)5-13-7-2-3-7/h6-7,10,13,16H,2-5H2,1H3,(H2,12,17)(H,14,19)(H,15,18)/t6-,10+/m1/s1. The summed E-state index contributed by atoms with van der Waals surface area (Å²) in [5.41, 5.74) is 4.89. The summed E-state index contributed by atoms with van der Waals surface area (Å²) in [4.78, 5) is 33.8. The second-order valence-electron chi connectivity index (χ2n) is 4.63. The first-order chi connectivity index (χ1) is 8.90. The highest BCUT2D eigenvalue weighted by Gasteiger charge is 2.27. The molecule has 1 aliphatic carbocycles. The summed E-state index contributed by atoms with van der Waals surface area (Å²) in [6, 6.07) is -0.729. The van der Waals surface area contributed by atoms with Crippen LogP contribution in [0, 0.1) is 0 Å². The topological polar surface area (TPSA) is 134 Å². The molecule has 0 aromatic rings. The molecule has 8 heteroatoms. The van der Waals surface area contributed by atoms with Crippen LogP contribution in [0.3, 0.4) is 0 Å². The minimum absolute atomic E-state index is 0.0942. The van der Waals surface area contributed by atoms with Gasteiger partial charge in [0.15, 0.2) is 0 Å². The molecular weight excluding hydrogens is 252 g/mol. The molecule has 6 N–H and O–H groups in total. The van der Waals surface area contributed by atoms with Crippen LogP contribution < -0.4 is 21.7 Å². The zero-order valence-corrected chi connectivity index (χ0v) is 10.8. The third kappa shape index (κ3) is 6.16. The Labute approximate surface area is 111 Å². The summed E-state index contributed by atoms with van der Waals surface area (Å²) in [5, 5.41) is 17.1. The van der Waals surface area contributed by atoms with E-state index in [0.717, 1.165) is 12.8 Å². The van der Waals surface area contributed by atoms with E-state index < -0.39 is 24.0 Å². The minimum atomic E-state index is -1.10. The summed E-state index contributed by atoms with van der Waals surface area (Å²) in [6.07, 6.45) is 1.02. The number of primary amides is 1. The number of nitrogens with two attached hydrogens (primary N) is 1. The zero-order chi connectivity index (χ0) is 14.4. The fraction of sp³-hybridized carbons (Fsp3) is 0.727. The molecule has 0 spiro atoms. The molecule has 19 heavy (non-hydrogen) atoms. The van der Waals surface area contributed by atoms with Crippen molar-refractivity contribution in [1.82, 2.24) is 16.0 Å². The number of rotatable bonds is 8. The number of aliphatic hydroxyl groups is 1. The maximum Gasteiger partial charge on any atom is 0.245 e. The summed E-state index contributed by atoms with van der Waals surface area (Å²) in [5.74, 6) is -1.72. The van der Waals surface area contributed by atoms with E-state index in [1.807, 2.05) is 0 Å². The minimum Gasteiger partial charge on any atom is -0.391 e. The van der Waals surface area contributed by atoms with Crippen LogP contribution in [0.1, 0.15) is 19.8 Å². The van der Waals surface area contributed by atoms with Crippen molar-refractivity contribution in [3.8, 4) is 0 Å². The van der Waals surface area contributed by atoms with Gasteiger partial charge in [-0.25, -0.2) is 0 Å². The summed E-state index contributed by atoms with van der Waals surface area (Å²) in [7, 11) is 0. The summed E-state index contributed by atoms with van der Waals surface area (Å²) in [6.45, 7) is 1.14. The lowest BCUT2D eigenvalue weighted by Crippen LogP contribution is -2.55. The average Bonchev–Trinajstić information content (AvgIpc) is 3.14. The molecule has 108 valence electrons. The predicted octanol–water partition coefficient (Wildman–Crippen LogP) is -2.79. The largest absolute Gasteiger partial charge is 0.391 e. The number of hydrogen-bond donors (Lipinski definition) is 5. The first-order valence-electron chi connectivity index (χ1n) is 6.17. The summed E-state index contributed by atoms with van der Waals surface area (Å²) < 4.78 is 0. The van der Waals surface area contributed by atoms with Gasteiger partial charge in [-0.3, -0.25) is 14.4 Å². The first-order valence-corrected chi connectivity index (χ1v) is 6.17. The molecule has 1 fully saturated rings. The van der Waals surface area contributed by atoms with Crippen molar-refractivity contribution in [2.45, 2.75) is 38.0 Å². The molecule has 0 aromatic carbocycles. The van der Waals surface area contributed by atoms with Gasteiger partial charge in [0, 0.05) is 6.04 Å². The van der Waals surface area contributed by atoms with E-state index in [2.05, 4.69) is 16.0 Å². The lowest BCUT2D eigenvalue weighted by molar-refractivity contribution is -0.132. The lowest BCUT2D eigenvalue weighted by Gasteiger charge is -2.20. The molecule has 0 unspecified atom stereocenters. The second kappa shape index (κ2) is 7.05. The number of aliphatic hydroxyl groups excluding tert-OH is 1. The highest BCUT2D eigenvalue weighted by Crippen LogP contribution is 2.17. The van der Waals surface area contributed by atoms with Crippen molar-refractivity contribution >= 4 is 17.7 Å². The zero-order valence-electron chi connectivity index (χ0n) is 10.8.